The Labute approximate surface area is 180 Å². The van der Waals surface area contributed by atoms with Crippen LogP contribution in [0.15, 0.2) is 84.2 Å². The van der Waals surface area contributed by atoms with Gasteiger partial charge in [0.05, 0.1) is 11.2 Å². The minimum atomic E-state index is -0.0256. The van der Waals surface area contributed by atoms with Crippen molar-refractivity contribution in [1.82, 2.24) is 4.98 Å². The van der Waals surface area contributed by atoms with Gasteiger partial charge in [0.2, 0.25) is 0 Å². The Morgan fingerprint density at radius 1 is 0.867 bits per heavy atom. The van der Waals surface area contributed by atoms with Gasteiger partial charge in [-0.1, -0.05) is 61.5 Å². The Bertz CT molecular complexity index is 1320. The number of nitrogens with zero attached hydrogens (tertiary/aromatic N) is 1. The van der Waals surface area contributed by atoms with E-state index in [2.05, 4.69) is 79.9 Å². The zero-order valence-corrected chi connectivity index (χ0v) is 17.9. The van der Waals surface area contributed by atoms with Crippen molar-refractivity contribution in [2.45, 2.75) is 26.4 Å². The van der Waals surface area contributed by atoms with Crippen LogP contribution in [-0.4, -0.2) is 4.98 Å². The van der Waals surface area contributed by atoms with E-state index in [1.54, 1.807) is 11.3 Å². The molecule has 0 saturated carbocycles. The summed E-state index contributed by atoms with van der Waals surface area (Å²) in [6.45, 7) is 4.27. The van der Waals surface area contributed by atoms with E-state index in [1.165, 1.54) is 26.8 Å². The largest absolute Gasteiger partial charge is 0.485 e. The molecule has 2 aromatic heterocycles. The second-order valence-electron chi connectivity index (χ2n) is 7.49. The van der Waals surface area contributed by atoms with Gasteiger partial charge in [0, 0.05) is 26.4 Å². The van der Waals surface area contributed by atoms with Gasteiger partial charge in [-0.15, -0.1) is 11.3 Å². The number of ether oxygens (including phenoxy) is 1. The second-order valence-corrected chi connectivity index (χ2v) is 8.40. The third-order valence-electron chi connectivity index (χ3n) is 5.61. The highest BCUT2D eigenvalue weighted by atomic mass is 32.1. The molecule has 1 atom stereocenters. The third kappa shape index (κ3) is 3.35. The van der Waals surface area contributed by atoms with Crippen molar-refractivity contribution < 1.29 is 4.74 Å². The van der Waals surface area contributed by atoms with Gasteiger partial charge in [0.15, 0.2) is 0 Å². The molecule has 3 aromatic carbocycles. The molecule has 0 amide bonds. The average Bonchev–Trinajstić information content (AvgIpc) is 3.23. The van der Waals surface area contributed by atoms with Crippen molar-refractivity contribution in [2.24, 2.45) is 0 Å². The maximum absolute atomic E-state index is 6.38. The van der Waals surface area contributed by atoms with Gasteiger partial charge in [0.25, 0.3) is 0 Å². The summed E-state index contributed by atoms with van der Waals surface area (Å²) in [5, 5.41) is 4.54. The first kappa shape index (κ1) is 18.8. The van der Waals surface area contributed by atoms with Gasteiger partial charge in [-0.2, -0.15) is 0 Å². The van der Waals surface area contributed by atoms with E-state index in [4.69, 9.17) is 9.72 Å². The highest BCUT2D eigenvalue weighted by Gasteiger charge is 2.14. The van der Waals surface area contributed by atoms with Crippen LogP contribution in [0.25, 0.3) is 32.2 Å². The second kappa shape index (κ2) is 7.92. The lowest BCUT2D eigenvalue weighted by molar-refractivity contribution is 0.230. The molecule has 0 N–H and O–H groups in total. The van der Waals surface area contributed by atoms with Crippen LogP contribution in [0.3, 0.4) is 0 Å². The van der Waals surface area contributed by atoms with Gasteiger partial charge < -0.3 is 4.74 Å². The molecular formula is C27H23NOS. The molecule has 3 heteroatoms. The fourth-order valence-corrected chi connectivity index (χ4v) is 4.90. The van der Waals surface area contributed by atoms with Crippen LogP contribution in [0.5, 0.6) is 5.75 Å². The molecule has 2 nitrogen and oxygen atoms in total. The maximum atomic E-state index is 6.38. The Morgan fingerprint density at radius 3 is 2.50 bits per heavy atom. The monoisotopic (exact) mass is 409 g/mol. The van der Waals surface area contributed by atoms with Crippen LogP contribution < -0.4 is 4.74 Å². The summed E-state index contributed by atoms with van der Waals surface area (Å²) >= 11 is 1.77. The summed E-state index contributed by atoms with van der Waals surface area (Å²) in [7, 11) is 0. The van der Waals surface area contributed by atoms with E-state index >= 15 is 0 Å². The quantitative estimate of drug-likeness (QED) is 0.295. The van der Waals surface area contributed by atoms with Gasteiger partial charge in [-0.3, -0.25) is 0 Å². The minimum absolute atomic E-state index is 0.0256. The van der Waals surface area contributed by atoms with Gasteiger partial charge >= 0.3 is 0 Å². The number of fused-ring (bicyclic) bond motifs is 2. The van der Waals surface area contributed by atoms with Crippen molar-refractivity contribution >= 4 is 32.3 Å². The van der Waals surface area contributed by atoms with E-state index in [0.29, 0.717) is 0 Å². The molecule has 0 unspecified atom stereocenters. The molecule has 0 fully saturated rings. The topological polar surface area (TPSA) is 22.1 Å². The van der Waals surface area contributed by atoms with Gasteiger partial charge in [0.1, 0.15) is 11.9 Å². The first-order valence-electron chi connectivity index (χ1n) is 10.4. The summed E-state index contributed by atoms with van der Waals surface area (Å²) in [5.41, 5.74) is 5.65. The van der Waals surface area contributed by atoms with E-state index in [0.717, 1.165) is 28.8 Å². The molecule has 0 spiro atoms. The number of hydrogen-bond acceptors (Lipinski definition) is 3. The number of rotatable bonds is 5. The highest BCUT2D eigenvalue weighted by Crippen LogP contribution is 2.36. The molecule has 0 aliphatic heterocycles. The number of aromatic nitrogens is 1. The number of thiophene rings is 1. The van der Waals surface area contributed by atoms with Crippen LogP contribution in [0.2, 0.25) is 0 Å². The molecule has 0 aliphatic carbocycles. The first-order valence-corrected chi connectivity index (χ1v) is 11.2. The molecule has 30 heavy (non-hydrogen) atoms. The zero-order valence-electron chi connectivity index (χ0n) is 17.1. The van der Waals surface area contributed by atoms with Crippen LogP contribution in [0.1, 0.15) is 31.1 Å². The molecule has 0 radical (unpaired) electrons. The predicted molar refractivity (Wildman–Crippen MR) is 127 cm³/mol. The van der Waals surface area contributed by atoms with E-state index in [-0.39, 0.29) is 6.10 Å². The van der Waals surface area contributed by atoms with Crippen molar-refractivity contribution in [2.75, 3.05) is 0 Å². The lowest BCUT2D eigenvalue weighted by Crippen LogP contribution is -2.04. The molecule has 2 heterocycles. The van der Waals surface area contributed by atoms with Gasteiger partial charge in [-0.25, -0.2) is 4.98 Å². The average molecular weight is 410 g/mol. The number of aryl methyl sites for hydroxylation is 1. The van der Waals surface area contributed by atoms with Crippen LogP contribution >= 0.6 is 11.3 Å². The first-order chi connectivity index (χ1) is 14.7. The minimum Gasteiger partial charge on any atom is -0.485 e. The lowest BCUT2D eigenvalue weighted by Gasteiger charge is -2.18. The van der Waals surface area contributed by atoms with Gasteiger partial charge in [-0.05, 0) is 48.7 Å². The summed E-state index contributed by atoms with van der Waals surface area (Å²) in [4.78, 5) is 5.11. The normalized spacial score (nSPS) is 12.3. The molecule has 0 bridgehead atoms. The zero-order chi connectivity index (χ0) is 20.5. The lowest BCUT2D eigenvalue weighted by atomic mass is 10.0. The Hall–Kier alpha value is -3.17. The van der Waals surface area contributed by atoms with Crippen molar-refractivity contribution in [3.63, 3.8) is 0 Å². The van der Waals surface area contributed by atoms with Crippen LogP contribution in [0.4, 0.5) is 0 Å². The highest BCUT2D eigenvalue weighted by molar-refractivity contribution is 7.17. The fraction of sp³-hybridized carbons (Fsp3) is 0.148. The number of benzene rings is 3. The molecular weight excluding hydrogens is 386 g/mol. The predicted octanol–water partition coefficient (Wildman–Crippen LogP) is 7.82. The summed E-state index contributed by atoms with van der Waals surface area (Å²) < 4.78 is 7.67. The van der Waals surface area contributed by atoms with E-state index < -0.39 is 0 Å². The smallest absolute Gasteiger partial charge is 0.129 e. The standard InChI is InChI=1S/C27H23NOS/c1-3-19-13-16-25(29-18(2)20-9-5-4-6-10-20)22-14-15-24(28-27(19)22)23-17-30-26-12-8-7-11-21(23)26/h4-18H,3H2,1-2H3/t18-/m0/s1. The summed E-state index contributed by atoms with van der Waals surface area (Å²) in [6.07, 6.45) is 0.911. The number of hydrogen-bond donors (Lipinski definition) is 0. The molecule has 5 aromatic rings. The molecule has 148 valence electrons. The SMILES string of the molecule is CCc1ccc(O[C@@H](C)c2ccccc2)c2ccc(-c3csc4ccccc34)nc12. The van der Waals surface area contributed by atoms with Crippen molar-refractivity contribution in [3.8, 4) is 17.0 Å². The van der Waals surface area contributed by atoms with E-state index in [9.17, 15) is 0 Å². The Kier molecular flexibility index (Phi) is 4.97. The Morgan fingerprint density at radius 2 is 1.67 bits per heavy atom. The van der Waals surface area contributed by atoms with Crippen LogP contribution in [0, 0.1) is 0 Å². The van der Waals surface area contributed by atoms with Crippen molar-refractivity contribution in [3.05, 3.63) is 95.4 Å². The maximum Gasteiger partial charge on any atom is 0.129 e. The van der Waals surface area contributed by atoms with Crippen molar-refractivity contribution in [1.29, 1.82) is 0 Å². The van der Waals surface area contributed by atoms with Crippen LogP contribution in [-0.2, 0) is 6.42 Å². The fourth-order valence-electron chi connectivity index (χ4n) is 3.94. The van der Waals surface area contributed by atoms with E-state index in [1.807, 2.05) is 18.2 Å². The third-order valence-corrected chi connectivity index (χ3v) is 6.57. The Balaban J connectivity index is 1.60. The summed E-state index contributed by atoms with van der Waals surface area (Å²) in [5.74, 6) is 0.882. The molecule has 0 aliphatic rings. The molecule has 5 rings (SSSR count). The molecule has 0 saturated heterocycles. The summed E-state index contributed by atoms with van der Waals surface area (Å²) in [6, 6.07) is 27.4. The number of pyridine rings is 1.